The van der Waals surface area contributed by atoms with Crippen molar-refractivity contribution in [2.45, 2.75) is 19.4 Å². The summed E-state index contributed by atoms with van der Waals surface area (Å²) in [6.45, 7) is 1.46. The van der Waals surface area contributed by atoms with E-state index in [1.54, 1.807) is 0 Å². The van der Waals surface area contributed by atoms with E-state index < -0.39 is 6.10 Å². The zero-order chi connectivity index (χ0) is 7.98. The SMILES string of the molecule is CCC(=S)OC(CO)CO. The average molecular weight is 164 g/mol. The van der Waals surface area contributed by atoms with E-state index in [1.165, 1.54) is 0 Å². The second-order valence-corrected chi connectivity index (χ2v) is 2.29. The van der Waals surface area contributed by atoms with E-state index in [0.29, 0.717) is 11.5 Å². The van der Waals surface area contributed by atoms with Crippen LogP contribution in [-0.2, 0) is 4.74 Å². The molecule has 0 saturated carbocycles. The summed E-state index contributed by atoms with van der Waals surface area (Å²) in [5.41, 5.74) is 0. The molecule has 2 N–H and O–H groups in total. The van der Waals surface area contributed by atoms with E-state index in [2.05, 4.69) is 0 Å². The average Bonchev–Trinajstić information content (AvgIpc) is 1.99. The second-order valence-electron chi connectivity index (χ2n) is 1.83. The van der Waals surface area contributed by atoms with Gasteiger partial charge < -0.3 is 14.9 Å². The van der Waals surface area contributed by atoms with Crippen molar-refractivity contribution in [3.05, 3.63) is 0 Å². The van der Waals surface area contributed by atoms with E-state index in [9.17, 15) is 0 Å². The lowest BCUT2D eigenvalue weighted by Crippen LogP contribution is -2.24. The summed E-state index contributed by atoms with van der Waals surface area (Å²) in [6, 6.07) is 0. The highest BCUT2D eigenvalue weighted by Gasteiger charge is 2.06. The molecule has 0 bridgehead atoms. The first kappa shape index (κ1) is 9.81. The molecule has 0 aliphatic rings. The van der Waals surface area contributed by atoms with Crippen molar-refractivity contribution in [3.8, 4) is 0 Å². The smallest absolute Gasteiger partial charge is 0.160 e. The molecule has 0 rings (SSSR count). The normalized spacial score (nSPS) is 10.0. The Hall–Kier alpha value is -0.190. The van der Waals surface area contributed by atoms with Crippen molar-refractivity contribution in [2.75, 3.05) is 13.2 Å². The van der Waals surface area contributed by atoms with Crippen LogP contribution in [0.15, 0.2) is 0 Å². The maximum Gasteiger partial charge on any atom is 0.160 e. The topological polar surface area (TPSA) is 49.7 Å². The van der Waals surface area contributed by atoms with Crippen molar-refractivity contribution in [2.24, 2.45) is 0 Å². The Balaban J connectivity index is 3.52. The largest absolute Gasteiger partial charge is 0.479 e. The number of aliphatic hydroxyl groups excluding tert-OH is 2. The fourth-order valence-corrected chi connectivity index (χ4v) is 0.538. The van der Waals surface area contributed by atoms with Crippen LogP contribution in [0.25, 0.3) is 0 Å². The van der Waals surface area contributed by atoms with Crippen LogP contribution in [-0.4, -0.2) is 34.6 Å². The summed E-state index contributed by atoms with van der Waals surface area (Å²) >= 11 is 4.72. The van der Waals surface area contributed by atoms with Gasteiger partial charge in [-0.3, -0.25) is 0 Å². The molecule has 0 aliphatic carbocycles. The van der Waals surface area contributed by atoms with Gasteiger partial charge in [0.15, 0.2) is 5.05 Å². The van der Waals surface area contributed by atoms with E-state index in [0.717, 1.165) is 0 Å². The quantitative estimate of drug-likeness (QED) is 0.578. The standard InChI is InChI=1S/C6H12O3S/c1-2-6(10)9-5(3-7)4-8/h5,7-8H,2-4H2,1H3. The van der Waals surface area contributed by atoms with Gasteiger partial charge in [-0.05, 0) is 12.2 Å². The van der Waals surface area contributed by atoms with Gasteiger partial charge >= 0.3 is 0 Å². The van der Waals surface area contributed by atoms with Crippen molar-refractivity contribution in [1.29, 1.82) is 0 Å². The molecule has 0 saturated heterocycles. The first-order valence-corrected chi connectivity index (χ1v) is 3.56. The van der Waals surface area contributed by atoms with Crippen molar-refractivity contribution < 1.29 is 14.9 Å². The number of thiocarbonyl (C=S) groups is 1. The van der Waals surface area contributed by atoms with Gasteiger partial charge in [0.1, 0.15) is 6.10 Å². The molecule has 0 amide bonds. The molecule has 60 valence electrons. The molecule has 3 nitrogen and oxygen atoms in total. The molecular weight excluding hydrogens is 152 g/mol. The lowest BCUT2D eigenvalue weighted by molar-refractivity contribution is 0.0554. The molecule has 0 heterocycles. The monoisotopic (exact) mass is 164 g/mol. The van der Waals surface area contributed by atoms with E-state index in [4.69, 9.17) is 27.2 Å². The highest BCUT2D eigenvalue weighted by Crippen LogP contribution is 1.95. The minimum atomic E-state index is -0.549. The predicted octanol–water partition coefficient (Wildman–Crippen LogP) is 0.0936. The number of rotatable bonds is 4. The summed E-state index contributed by atoms with van der Waals surface area (Å²) in [4.78, 5) is 0. The van der Waals surface area contributed by atoms with Gasteiger partial charge in [-0.15, -0.1) is 0 Å². The van der Waals surface area contributed by atoms with Crippen LogP contribution in [0.3, 0.4) is 0 Å². The Bertz CT molecular complexity index is 101. The molecule has 0 unspecified atom stereocenters. The van der Waals surface area contributed by atoms with Gasteiger partial charge in [-0.25, -0.2) is 0 Å². The molecule has 10 heavy (non-hydrogen) atoms. The van der Waals surface area contributed by atoms with Gasteiger partial charge in [0.2, 0.25) is 0 Å². The van der Waals surface area contributed by atoms with Gasteiger partial charge in [-0.2, -0.15) is 0 Å². The minimum absolute atomic E-state index is 0.198. The highest BCUT2D eigenvalue weighted by atomic mass is 32.1. The van der Waals surface area contributed by atoms with Gasteiger partial charge in [-0.1, -0.05) is 6.92 Å². The second kappa shape index (κ2) is 5.58. The van der Waals surface area contributed by atoms with Crippen LogP contribution in [0.5, 0.6) is 0 Å². The van der Waals surface area contributed by atoms with Crippen LogP contribution in [0, 0.1) is 0 Å². The lowest BCUT2D eigenvalue weighted by Gasteiger charge is -2.13. The molecule has 0 aromatic carbocycles. The van der Waals surface area contributed by atoms with Crippen LogP contribution in [0.1, 0.15) is 13.3 Å². The molecule has 0 radical (unpaired) electrons. The number of hydrogen-bond acceptors (Lipinski definition) is 4. The summed E-state index contributed by atoms with van der Waals surface area (Å²) in [5, 5.41) is 17.5. The Kier molecular flexibility index (Phi) is 5.48. The molecular formula is C6H12O3S. The van der Waals surface area contributed by atoms with Crippen LogP contribution in [0.2, 0.25) is 0 Å². The third kappa shape index (κ3) is 3.76. The fraction of sp³-hybridized carbons (Fsp3) is 0.833. The fourth-order valence-electron chi connectivity index (χ4n) is 0.401. The number of hydrogen-bond donors (Lipinski definition) is 2. The van der Waals surface area contributed by atoms with Gasteiger partial charge in [0.05, 0.1) is 13.2 Å². The molecule has 0 fully saturated rings. The first-order chi connectivity index (χ1) is 4.74. The van der Waals surface area contributed by atoms with Crippen LogP contribution in [0.4, 0.5) is 0 Å². The molecule has 0 spiro atoms. The first-order valence-electron chi connectivity index (χ1n) is 3.15. The molecule has 0 aromatic heterocycles. The van der Waals surface area contributed by atoms with Crippen molar-refractivity contribution in [3.63, 3.8) is 0 Å². The van der Waals surface area contributed by atoms with E-state index in [-0.39, 0.29) is 13.2 Å². The summed E-state index contributed by atoms with van der Waals surface area (Å²) in [7, 11) is 0. The maximum atomic E-state index is 8.53. The third-order valence-corrected chi connectivity index (χ3v) is 1.38. The van der Waals surface area contributed by atoms with Crippen molar-refractivity contribution in [1.82, 2.24) is 0 Å². The molecule has 4 heteroatoms. The summed E-state index contributed by atoms with van der Waals surface area (Å²) in [5.74, 6) is 0. The van der Waals surface area contributed by atoms with Gasteiger partial charge in [0, 0.05) is 6.42 Å². The molecule has 0 atom stereocenters. The highest BCUT2D eigenvalue weighted by molar-refractivity contribution is 7.80. The lowest BCUT2D eigenvalue weighted by atomic mass is 10.4. The Labute approximate surface area is 65.6 Å². The molecule has 0 aromatic rings. The summed E-state index contributed by atoms with van der Waals surface area (Å²) < 4.78 is 4.93. The van der Waals surface area contributed by atoms with Crippen molar-refractivity contribution >= 4 is 17.3 Å². The number of ether oxygens (including phenoxy) is 1. The van der Waals surface area contributed by atoms with E-state index in [1.807, 2.05) is 6.92 Å². The third-order valence-electron chi connectivity index (χ3n) is 0.994. The Morgan fingerprint density at radius 1 is 1.50 bits per heavy atom. The zero-order valence-electron chi connectivity index (χ0n) is 5.91. The molecule has 0 aliphatic heterocycles. The predicted molar refractivity (Wildman–Crippen MR) is 41.9 cm³/mol. The Morgan fingerprint density at radius 3 is 2.30 bits per heavy atom. The van der Waals surface area contributed by atoms with E-state index >= 15 is 0 Å². The number of aliphatic hydroxyl groups is 2. The van der Waals surface area contributed by atoms with Crippen LogP contribution < -0.4 is 0 Å². The van der Waals surface area contributed by atoms with Gasteiger partial charge in [0.25, 0.3) is 0 Å². The minimum Gasteiger partial charge on any atom is -0.479 e. The van der Waals surface area contributed by atoms with Crippen LogP contribution >= 0.6 is 12.2 Å². The maximum absolute atomic E-state index is 8.53. The summed E-state index contributed by atoms with van der Waals surface area (Å²) in [6.07, 6.45) is 0.0821. The zero-order valence-corrected chi connectivity index (χ0v) is 6.73. The Morgan fingerprint density at radius 2 is 2.00 bits per heavy atom.